The molecule has 0 radical (unpaired) electrons. The normalized spacial score (nSPS) is 19.8. The molecule has 4 heteroatoms. The fourth-order valence-electron chi connectivity index (χ4n) is 1.56. The number of aromatic nitrogens is 2. The molecule has 0 saturated heterocycles. The highest BCUT2D eigenvalue weighted by Gasteiger charge is 2.22. The van der Waals surface area contributed by atoms with Crippen LogP contribution in [0.15, 0.2) is 6.20 Å². The molecule has 0 aromatic carbocycles. The van der Waals surface area contributed by atoms with E-state index in [4.69, 9.17) is 5.73 Å². The summed E-state index contributed by atoms with van der Waals surface area (Å²) in [6.45, 7) is 1.83. The van der Waals surface area contributed by atoms with Crippen molar-refractivity contribution >= 4 is 0 Å². The maximum atomic E-state index is 9.51. The molecule has 0 amide bonds. The Morgan fingerprint density at radius 1 is 1.69 bits per heavy atom. The molecule has 0 aliphatic heterocycles. The van der Waals surface area contributed by atoms with Gasteiger partial charge in [-0.25, -0.2) is 0 Å². The fraction of sp³-hybridized carbons (Fsp3) is 0.667. The Hall–Kier alpha value is -1.03. The van der Waals surface area contributed by atoms with Gasteiger partial charge < -0.3 is 10.8 Å². The topological polar surface area (TPSA) is 64.1 Å². The minimum atomic E-state index is -0.193. The lowest BCUT2D eigenvalue weighted by Gasteiger charge is -2.25. The van der Waals surface area contributed by atoms with Crippen LogP contribution >= 0.6 is 0 Å². The summed E-state index contributed by atoms with van der Waals surface area (Å²) in [5.41, 5.74) is 6.26. The molecule has 72 valence electrons. The molecule has 1 aromatic heterocycles. The van der Waals surface area contributed by atoms with Crippen molar-refractivity contribution in [3.63, 3.8) is 0 Å². The van der Waals surface area contributed by atoms with Crippen LogP contribution in [0.4, 0.5) is 0 Å². The van der Waals surface area contributed by atoms with Crippen LogP contribution in [0.3, 0.4) is 0 Å². The fourth-order valence-corrected chi connectivity index (χ4v) is 1.56. The number of hydrogen-bond donors (Lipinski definition) is 2. The summed E-state index contributed by atoms with van der Waals surface area (Å²) in [5, 5.41) is 13.8. The zero-order valence-electron chi connectivity index (χ0n) is 7.77. The van der Waals surface area contributed by atoms with Gasteiger partial charge in [0.05, 0.1) is 12.2 Å². The van der Waals surface area contributed by atoms with Gasteiger partial charge in [0.2, 0.25) is 0 Å². The molecule has 3 N–H and O–H groups in total. The highest BCUT2D eigenvalue weighted by molar-refractivity contribution is 5.25. The third kappa shape index (κ3) is 1.42. The van der Waals surface area contributed by atoms with Crippen molar-refractivity contribution in [2.45, 2.75) is 38.3 Å². The number of hydrogen-bond acceptors (Lipinski definition) is 3. The van der Waals surface area contributed by atoms with Crippen molar-refractivity contribution in [2.75, 3.05) is 0 Å². The smallest absolute Gasteiger partial charge is 0.158 e. The number of aromatic hydroxyl groups is 1. The third-order valence-electron chi connectivity index (χ3n) is 2.62. The van der Waals surface area contributed by atoms with Crippen LogP contribution in [-0.4, -0.2) is 14.9 Å². The van der Waals surface area contributed by atoms with E-state index < -0.39 is 0 Å². The Bertz CT molecular complexity index is 302. The summed E-state index contributed by atoms with van der Waals surface area (Å²) in [4.78, 5) is 0. The molecule has 1 saturated carbocycles. The van der Waals surface area contributed by atoms with E-state index >= 15 is 0 Å². The Morgan fingerprint density at radius 3 is 2.77 bits per heavy atom. The van der Waals surface area contributed by atoms with Crippen molar-refractivity contribution in [1.82, 2.24) is 9.78 Å². The van der Waals surface area contributed by atoms with Gasteiger partial charge in [-0.2, -0.15) is 5.10 Å². The van der Waals surface area contributed by atoms with Crippen LogP contribution in [0.25, 0.3) is 0 Å². The molecule has 1 fully saturated rings. The molecule has 1 atom stereocenters. The molecule has 0 bridgehead atoms. The first-order chi connectivity index (χ1) is 6.18. The summed E-state index contributed by atoms with van der Waals surface area (Å²) in [6.07, 6.45) is 5.28. The predicted octanol–water partition coefficient (Wildman–Crippen LogP) is 1.33. The lowest BCUT2D eigenvalue weighted by Crippen LogP contribution is -2.18. The molecule has 1 unspecified atom stereocenters. The molecule has 1 aliphatic carbocycles. The standard InChI is InChI=1S/C9H15N3O/c1-6(10)9-8(13)5-12(11-9)7-3-2-4-7/h5-7,13H,2-4,10H2,1H3. The second kappa shape index (κ2) is 3.03. The molecule has 1 aliphatic rings. The van der Waals surface area contributed by atoms with E-state index in [1.807, 2.05) is 11.6 Å². The summed E-state index contributed by atoms with van der Waals surface area (Å²) >= 11 is 0. The first-order valence-electron chi connectivity index (χ1n) is 4.72. The Morgan fingerprint density at radius 2 is 2.38 bits per heavy atom. The van der Waals surface area contributed by atoms with Gasteiger partial charge in [0.15, 0.2) is 5.75 Å². The summed E-state index contributed by atoms with van der Waals surface area (Å²) < 4.78 is 1.84. The first kappa shape index (κ1) is 8.56. The third-order valence-corrected chi connectivity index (χ3v) is 2.62. The quantitative estimate of drug-likeness (QED) is 0.723. The number of nitrogens with two attached hydrogens (primary N) is 1. The first-order valence-corrected chi connectivity index (χ1v) is 4.72. The van der Waals surface area contributed by atoms with Gasteiger partial charge in [-0.15, -0.1) is 0 Å². The maximum absolute atomic E-state index is 9.51. The van der Waals surface area contributed by atoms with Gasteiger partial charge >= 0.3 is 0 Å². The van der Waals surface area contributed by atoms with E-state index in [2.05, 4.69) is 5.10 Å². The van der Waals surface area contributed by atoms with Gasteiger partial charge in [-0.3, -0.25) is 4.68 Å². The zero-order valence-corrected chi connectivity index (χ0v) is 7.77. The van der Waals surface area contributed by atoms with E-state index in [-0.39, 0.29) is 11.8 Å². The van der Waals surface area contributed by atoms with Crippen molar-refractivity contribution in [3.05, 3.63) is 11.9 Å². The molecular weight excluding hydrogens is 166 g/mol. The minimum Gasteiger partial charge on any atom is -0.504 e. The van der Waals surface area contributed by atoms with Gasteiger partial charge in [0.25, 0.3) is 0 Å². The monoisotopic (exact) mass is 181 g/mol. The van der Waals surface area contributed by atoms with Gasteiger partial charge in [-0.05, 0) is 26.2 Å². The molecule has 4 nitrogen and oxygen atoms in total. The Balaban J connectivity index is 2.23. The Labute approximate surface area is 77.4 Å². The lowest BCUT2D eigenvalue weighted by molar-refractivity contribution is 0.287. The van der Waals surface area contributed by atoms with E-state index in [1.165, 1.54) is 19.3 Å². The SMILES string of the molecule is CC(N)c1nn(C2CCC2)cc1O. The second-order valence-electron chi connectivity index (χ2n) is 3.75. The predicted molar refractivity (Wildman–Crippen MR) is 49.4 cm³/mol. The minimum absolute atomic E-state index is 0.193. The number of nitrogens with zero attached hydrogens (tertiary/aromatic N) is 2. The van der Waals surface area contributed by atoms with Crippen molar-refractivity contribution < 1.29 is 5.11 Å². The largest absolute Gasteiger partial charge is 0.504 e. The average Bonchev–Trinajstić information content (AvgIpc) is 2.27. The van der Waals surface area contributed by atoms with Crippen molar-refractivity contribution in [1.29, 1.82) is 0 Å². The molecular formula is C9H15N3O. The zero-order chi connectivity index (χ0) is 9.42. The van der Waals surface area contributed by atoms with E-state index in [1.54, 1.807) is 6.20 Å². The highest BCUT2D eigenvalue weighted by atomic mass is 16.3. The maximum Gasteiger partial charge on any atom is 0.158 e. The van der Waals surface area contributed by atoms with Crippen molar-refractivity contribution in [3.8, 4) is 5.75 Å². The second-order valence-corrected chi connectivity index (χ2v) is 3.75. The van der Waals surface area contributed by atoms with Gasteiger partial charge in [-0.1, -0.05) is 0 Å². The van der Waals surface area contributed by atoms with E-state index in [9.17, 15) is 5.11 Å². The summed E-state index contributed by atoms with van der Waals surface area (Å²) in [6, 6.07) is 0.291. The van der Waals surface area contributed by atoms with Crippen LogP contribution in [-0.2, 0) is 0 Å². The van der Waals surface area contributed by atoms with Crippen LogP contribution in [0.2, 0.25) is 0 Å². The molecule has 13 heavy (non-hydrogen) atoms. The van der Waals surface area contributed by atoms with Gasteiger partial charge in [0, 0.05) is 6.04 Å². The van der Waals surface area contributed by atoms with Gasteiger partial charge in [0.1, 0.15) is 5.69 Å². The molecule has 1 heterocycles. The van der Waals surface area contributed by atoms with Crippen LogP contribution in [0, 0.1) is 0 Å². The van der Waals surface area contributed by atoms with E-state index in [0.29, 0.717) is 11.7 Å². The highest BCUT2D eigenvalue weighted by Crippen LogP contribution is 2.33. The summed E-state index contributed by atoms with van der Waals surface area (Å²) in [5.74, 6) is 0.224. The summed E-state index contributed by atoms with van der Waals surface area (Å²) in [7, 11) is 0. The number of rotatable bonds is 2. The van der Waals surface area contributed by atoms with Crippen LogP contribution in [0.1, 0.15) is 44.0 Å². The molecule has 0 spiro atoms. The molecule has 1 aromatic rings. The van der Waals surface area contributed by atoms with Crippen molar-refractivity contribution in [2.24, 2.45) is 5.73 Å². The lowest BCUT2D eigenvalue weighted by atomic mass is 9.93. The average molecular weight is 181 g/mol. The van der Waals surface area contributed by atoms with Crippen LogP contribution < -0.4 is 5.73 Å². The van der Waals surface area contributed by atoms with Crippen LogP contribution in [0.5, 0.6) is 5.75 Å². The Kier molecular flexibility index (Phi) is 2.00. The molecule has 2 rings (SSSR count). The van der Waals surface area contributed by atoms with E-state index in [0.717, 1.165) is 0 Å².